The van der Waals surface area contributed by atoms with Crippen LogP contribution in [0.2, 0.25) is 0 Å². The van der Waals surface area contributed by atoms with E-state index in [1.165, 1.54) is 5.56 Å². The third kappa shape index (κ3) is 5.24. The number of nitriles is 1. The van der Waals surface area contributed by atoms with Gasteiger partial charge in [0.25, 0.3) is 0 Å². The summed E-state index contributed by atoms with van der Waals surface area (Å²) in [6.07, 6.45) is 4.13. The van der Waals surface area contributed by atoms with E-state index in [1.807, 2.05) is 37.3 Å². The topological polar surface area (TPSA) is 23.8 Å². The van der Waals surface area contributed by atoms with E-state index in [-0.39, 0.29) is 24.2 Å². The van der Waals surface area contributed by atoms with Crippen LogP contribution in [0.5, 0.6) is 0 Å². The Labute approximate surface area is 90.3 Å². The van der Waals surface area contributed by atoms with Gasteiger partial charge in [0.1, 0.15) is 0 Å². The molecule has 0 saturated carbocycles. The zero-order valence-electron chi connectivity index (χ0n) is 7.67. The van der Waals surface area contributed by atoms with Crippen molar-refractivity contribution in [2.24, 2.45) is 0 Å². The fourth-order valence-electron chi connectivity index (χ4n) is 0.778. The number of nitrogens with zero attached hydrogens (tertiary/aromatic N) is 1. The third-order valence-corrected chi connectivity index (χ3v) is 1.38. The van der Waals surface area contributed by atoms with Crippen molar-refractivity contribution < 1.29 is 16.8 Å². The number of allylic oxidation sites excluding steroid dienone is 1. The molecule has 1 aromatic carbocycles. The predicted octanol–water partition coefficient (Wildman–Crippen LogP) is 2.78. The molecule has 0 aliphatic rings. The summed E-state index contributed by atoms with van der Waals surface area (Å²) >= 11 is 0. The molecule has 0 bridgehead atoms. The van der Waals surface area contributed by atoms with E-state index < -0.39 is 0 Å². The minimum absolute atomic E-state index is 0. The molecule has 0 aliphatic carbocycles. The van der Waals surface area contributed by atoms with Crippen molar-refractivity contribution in [1.29, 1.82) is 5.26 Å². The monoisotopic (exact) mass is 216 g/mol. The number of rotatable bonds is 1. The maximum Gasteiger partial charge on any atom is 2.00 e. The van der Waals surface area contributed by atoms with Crippen molar-refractivity contribution in [1.82, 2.24) is 0 Å². The van der Waals surface area contributed by atoms with Gasteiger partial charge in [-0.3, -0.25) is 0 Å². The van der Waals surface area contributed by atoms with Crippen LogP contribution < -0.4 is 0 Å². The van der Waals surface area contributed by atoms with E-state index in [2.05, 4.69) is 6.08 Å². The number of hydrogen-bond acceptors (Lipinski definition) is 1. The first kappa shape index (κ1) is 14.5. The van der Waals surface area contributed by atoms with Crippen LogP contribution in [0, 0.1) is 31.8 Å². The first-order chi connectivity index (χ1) is 5.33. The van der Waals surface area contributed by atoms with Crippen LogP contribution in [0.3, 0.4) is 0 Å². The summed E-state index contributed by atoms with van der Waals surface area (Å²) in [7, 11) is 0. The molecular formula is C11H11CoN. The second-order valence-electron chi connectivity index (χ2n) is 2.31. The zero-order chi connectivity index (χ0) is 8.10. The Morgan fingerprint density at radius 2 is 1.85 bits per heavy atom. The maximum atomic E-state index is 8.19. The fourth-order valence-corrected chi connectivity index (χ4v) is 0.778. The SMILES string of the molecule is Cc1ccc(C=[C-]C#N)cc1.[CH3-].[Co+2]. The molecule has 0 heterocycles. The fraction of sp³-hybridized carbons (Fsp3) is 0.0909. The van der Waals surface area contributed by atoms with Gasteiger partial charge in [0.15, 0.2) is 0 Å². The number of benzene rings is 1. The van der Waals surface area contributed by atoms with Gasteiger partial charge < -0.3 is 7.43 Å². The average molecular weight is 216 g/mol. The van der Waals surface area contributed by atoms with Crippen LogP contribution in [0.1, 0.15) is 11.1 Å². The molecule has 0 atom stereocenters. The molecule has 0 amide bonds. The first-order valence-electron chi connectivity index (χ1n) is 3.37. The minimum atomic E-state index is 0. The van der Waals surface area contributed by atoms with Gasteiger partial charge in [-0.2, -0.15) is 11.6 Å². The summed E-state index contributed by atoms with van der Waals surface area (Å²) in [6.45, 7) is 2.03. The van der Waals surface area contributed by atoms with Gasteiger partial charge in [0.2, 0.25) is 0 Å². The summed E-state index contributed by atoms with van der Waals surface area (Å²) < 4.78 is 0. The van der Waals surface area contributed by atoms with Gasteiger partial charge in [-0.05, 0) is 13.0 Å². The van der Waals surface area contributed by atoms with Gasteiger partial charge in [-0.25, -0.2) is 11.3 Å². The molecule has 0 aromatic heterocycles. The molecule has 0 spiro atoms. The number of hydrogen-bond donors (Lipinski definition) is 0. The Hall–Kier alpha value is -1.04. The molecule has 0 N–H and O–H groups in total. The van der Waals surface area contributed by atoms with Gasteiger partial charge in [0, 0.05) is 0 Å². The molecule has 69 valence electrons. The molecule has 1 aromatic rings. The van der Waals surface area contributed by atoms with E-state index in [0.717, 1.165) is 5.56 Å². The largest absolute Gasteiger partial charge is 2.00 e. The van der Waals surface area contributed by atoms with Crippen LogP contribution in [0.4, 0.5) is 0 Å². The Kier molecular flexibility index (Phi) is 8.46. The second kappa shape index (κ2) is 7.60. The van der Waals surface area contributed by atoms with Gasteiger partial charge >= 0.3 is 16.8 Å². The van der Waals surface area contributed by atoms with Gasteiger partial charge in [-0.1, -0.05) is 17.7 Å². The van der Waals surface area contributed by atoms with Crippen LogP contribution in [0.15, 0.2) is 24.3 Å². The molecular weight excluding hydrogens is 205 g/mol. The van der Waals surface area contributed by atoms with Crippen LogP contribution >= 0.6 is 0 Å². The van der Waals surface area contributed by atoms with Crippen molar-refractivity contribution in [3.05, 3.63) is 48.9 Å². The third-order valence-electron chi connectivity index (χ3n) is 1.38. The Bertz CT molecular complexity index is 293. The molecule has 0 saturated heterocycles. The second-order valence-corrected chi connectivity index (χ2v) is 2.31. The molecule has 1 radical (unpaired) electrons. The quantitative estimate of drug-likeness (QED) is 0.523. The smallest absolute Gasteiger partial charge is 0.358 e. The standard InChI is InChI=1S/C10H8N.CH3.Co/c1-9-4-6-10(7-5-9)3-2-8-11;;/h3-7H,1H3;1H3;/q2*-1;+2. The van der Waals surface area contributed by atoms with E-state index in [9.17, 15) is 0 Å². The van der Waals surface area contributed by atoms with Crippen molar-refractivity contribution in [3.63, 3.8) is 0 Å². The molecule has 1 nitrogen and oxygen atoms in total. The van der Waals surface area contributed by atoms with Crippen LogP contribution in [0.25, 0.3) is 6.08 Å². The molecule has 1 rings (SSSR count). The molecule has 13 heavy (non-hydrogen) atoms. The summed E-state index contributed by atoms with van der Waals surface area (Å²) in [5.41, 5.74) is 2.23. The van der Waals surface area contributed by atoms with E-state index in [1.54, 1.807) is 6.08 Å². The molecule has 0 fully saturated rings. The van der Waals surface area contributed by atoms with Gasteiger partial charge in [-0.15, -0.1) is 12.1 Å². The molecule has 2 heteroatoms. The summed E-state index contributed by atoms with van der Waals surface area (Å²) in [4.78, 5) is 0. The molecule has 0 unspecified atom stereocenters. The van der Waals surface area contributed by atoms with E-state index in [0.29, 0.717) is 0 Å². The Morgan fingerprint density at radius 3 is 2.31 bits per heavy atom. The maximum absolute atomic E-state index is 8.19. The average Bonchev–Trinajstić information content (AvgIpc) is 2.04. The summed E-state index contributed by atoms with van der Waals surface area (Å²) in [5.74, 6) is 0. The first-order valence-corrected chi connectivity index (χ1v) is 3.37. The zero-order valence-corrected chi connectivity index (χ0v) is 8.71. The van der Waals surface area contributed by atoms with E-state index >= 15 is 0 Å². The Morgan fingerprint density at radius 1 is 1.31 bits per heavy atom. The van der Waals surface area contributed by atoms with E-state index in [4.69, 9.17) is 5.26 Å². The molecule has 0 aliphatic heterocycles. The normalized spacial score (nSPS) is 8.31. The van der Waals surface area contributed by atoms with Crippen LogP contribution in [-0.2, 0) is 16.8 Å². The van der Waals surface area contributed by atoms with Crippen molar-refractivity contribution in [3.8, 4) is 6.07 Å². The van der Waals surface area contributed by atoms with Crippen molar-refractivity contribution in [2.45, 2.75) is 6.92 Å². The van der Waals surface area contributed by atoms with Crippen LogP contribution in [-0.4, -0.2) is 0 Å². The summed E-state index contributed by atoms with van der Waals surface area (Å²) in [5, 5.41) is 8.19. The van der Waals surface area contributed by atoms with Crippen molar-refractivity contribution in [2.75, 3.05) is 0 Å². The van der Waals surface area contributed by atoms with Crippen molar-refractivity contribution >= 4 is 6.08 Å². The Balaban J connectivity index is 0. The van der Waals surface area contributed by atoms with Gasteiger partial charge in [0.05, 0.1) is 0 Å². The number of aryl methyl sites for hydroxylation is 1. The minimum Gasteiger partial charge on any atom is -0.358 e. The predicted molar refractivity (Wildman–Crippen MR) is 50.9 cm³/mol. The summed E-state index contributed by atoms with van der Waals surface area (Å²) in [6, 6.07) is 9.75.